The van der Waals surface area contributed by atoms with Gasteiger partial charge < -0.3 is 15.4 Å². The lowest BCUT2D eigenvalue weighted by atomic mass is 10.2. The Balaban J connectivity index is 0.000000980. The minimum atomic E-state index is 0. The van der Waals surface area contributed by atoms with Crippen LogP contribution >= 0.6 is 12.4 Å². The second-order valence-corrected chi connectivity index (χ2v) is 3.09. The van der Waals surface area contributed by atoms with Gasteiger partial charge in [0.1, 0.15) is 12.4 Å². The lowest BCUT2D eigenvalue weighted by Crippen LogP contribution is -2.36. The maximum Gasteiger partial charge on any atom is 0.142 e. The first-order valence-electron chi connectivity index (χ1n) is 4.58. The van der Waals surface area contributed by atoms with E-state index >= 15 is 0 Å². The maximum atomic E-state index is 5.53. The molecule has 78 valence electrons. The third kappa shape index (κ3) is 2.11. The predicted molar refractivity (Wildman–Crippen MR) is 60.5 cm³/mol. The molecule has 14 heavy (non-hydrogen) atoms. The van der Waals surface area contributed by atoms with Crippen LogP contribution in [0.5, 0.6) is 5.75 Å². The standard InChI is InChI=1S/C10H14N2O.ClH/c11-5-6-12-7-8-13-10-4-2-1-3-9(10)12;/h1-4H,5-8,11H2;1H. The van der Waals surface area contributed by atoms with Crippen LogP contribution in [0.25, 0.3) is 0 Å². The summed E-state index contributed by atoms with van der Waals surface area (Å²) in [4.78, 5) is 2.26. The minimum absolute atomic E-state index is 0. The summed E-state index contributed by atoms with van der Waals surface area (Å²) in [5, 5.41) is 0. The van der Waals surface area contributed by atoms with Gasteiger partial charge in [-0.15, -0.1) is 12.4 Å². The number of fused-ring (bicyclic) bond motifs is 1. The molecule has 1 aromatic rings. The van der Waals surface area contributed by atoms with Crippen LogP contribution in [0.3, 0.4) is 0 Å². The molecule has 0 bridgehead atoms. The zero-order valence-electron chi connectivity index (χ0n) is 7.98. The molecule has 0 amide bonds. The van der Waals surface area contributed by atoms with Gasteiger partial charge in [-0.05, 0) is 12.1 Å². The molecule has 1 heterocycles. The van der Waals surface area contributed by atoms with Crippen molar-refractivity contribution in [1.29, 1.82) is 0 Å². The van der Waals surface area contributed by atoms with E-state index in [0.29, 0.717) is 6.54 Å². The van der Waals surface area contributed by atoms with Gasteiger partial charge >= 0.3 is 0 Å². The molecule has 0 saturated carbocycles. The third-order valence-corrected chi connectivity index (χ3v) is 2.22. The molecule has 0 fully saturated rings. The Hall–Kier alpha value is -0.930. The molecular weight excluding hydrogens is 200 g/mol. The number of rotatable bonds is 2. The van der Waals surface area contributed by atoms with Crippen molar-refractivity contribution >= 4 is 18.1 Å². The summed E-state index contributed by atoms with van der Waals surface area (Å²) in [5.41, 5.74) is 6.70. The van der Waals surface area contributed by atoms with Crippen LogP contribution in [0, 0.1) is 0 Å². The first kappa shape index (κ1) is 11.1. The highest BCUT2D eigenvalue weighted by Crippen LogP contribution is 2.30. The molecule has 3 nitrogen and oxygen atoms in total. The fraction of sp³-hybridized carbons (Fsp3) is 0.400. The third-order valence-electron chi connectivity index (χ3n) is 2.22. The maximum absolute atomic E-state index is 5.53. The van der Waals surface area contributed by atoms with Crippen LogP contribution in [0.2, 0.25) is 0 Å². The molecule has 0 spiro atoms. The number of hydrogen-bond donors (Lipinski definition) is 1. The SMILES string of the molecule is Cl.NCCN1CCOc2ccccc21. The van der Waals surface area contributed by atoms with Crippen LogP contribution in [-0.4, -0.2) is 26.2 Å². The Morgan fingerprint density at radius 2 is 2.14 bits per heavy atom. The van der Waals surface area contributed by atoms with Gasteiger partial charge in [-0.3, -0.25) is 0 Å². The normalized spacial score (nSPS) is 13.9. The van der Waals surface area contributed by atoms with Crippen LogP contribution in [0.1, 0.15) is 0 Å². The van der Waals surface area contributed by atoms with Crippen molar-refractivity contribution in [3.8, 4) is 5.75 Å². The lowest BCUT2D eigenvalue weighted by Gasteiger charge is -2.30. The summed E-state index contributed by atoms with van der Waals surface area (Å²) >= 11 is 0. The Bertz CT molecular complexity index is 293. The summed E-state index contributed by atoms with van der Waals surface area (Å²) in [7, 11) is 0. The molecule has 1 aliphatic rings. The van der Waals surface area contributed by atoms with E-state index in [0.717, 1.165) is 25.4 Å². The van der Waals surface area contributed by atoms with Gasteiger partial charge in [0.25, 0.3) is 0 Å². The molecule has 4 heteroatoms. The van der Waals surface area contributed by atoms with E-state index in [2.05, 4.69) is 11.0 Å². The van der Waals surface area contributed by atoms with Crippen LogP contribution in [0.4, 0.5) is 5.69 Å². The van der Waals surface area contributed by atoms with Crippen LogP contribution < -0.4 is 15.4 Å². The number of hydrogen-bond acceptors (Lipinski definition) is 3. The van der Waals surface area contributed by atoms with Gasteiger partial charge in [-0.2, -0.15) is 0 Å². The highest BCUT2D eigenvalue weighted by molar-refractivity contribution is 5.85. The molecular formula is C10H15ClN2O. The minimum Gasteiger partial charge on any atom is -0.490 e. The Morgan fingerprint density at radius 3 is 2.93 bits per heavy atom. The Labute approximate surface area is 90.3 Å². The number of nitrogens with zero attached hydrogens (tertiary/aromatic N) is 1. The molecule has 0 unspecified atom stereocenters. The van der Waals surface area contributed by atoms with Gasteiger partial charge in [-0.1, -0.05) is 12.1 Å². The lowest BCUT2D eigenvalue weighted by molar-refractivity contribution is 0.308. The van der Waals surface area contributed by atoms with E-state index in [9.17, 15) is 0 Å². The van der Waals surface area contributed by atoms with Gasteiger partial charge in [0.2, 0.25) is 0 Å². The summed E-state index contributed by atoms with van der Waals surface area (Å²) in [5.74, 6) is 0.974. The molecule has 0 atom stereocenters. The zero-order valence-corrected chi connectivity index (χ0v) is 8.80. The monoisotopic (exact) mass is 214 g/mol. The number of ether oxygens (including phenoxy) is 1. The average Bonchev–Trinajstić information content (AvgIpc) is 2.19. The number of anilines is 1. The summed E-state index contributed by atoms with van der Waals surface area (Å²) in [6, 6.07) is 8.09. The fourth-order valence-corrected chi connectivity index (χ4v) is 1.61. The first-order valence-corrected chi connectivity index (χ1v) is 4.58. The smallest absolute Gasteiger partial charge is 0.142 e. The second-order valence-electron chi connectivity index (χ2n) is 3.09. The molecule has 0 aliphatic carbocycles. The summed E-state index contributed by atoms with van der Waals surface area (Å²) in [6.07, 6.45) is 0. The molecule has 2 rings (SSSR count). The largest absolute Gasteiger partial charge is 0.490 e. The van der Waals surface area contributed by atoms with Crippen molar-refractivity contribution in [3.05, 3.63) is 24.3 Å². The van der Waals surface area contributed by atoms with Gasteiger partial charge in [0, 0.05) is 13.1 Å². The quantitative estimate of drug-likeness (QED) is 0.806. The fourth-order valence-electron chi connectivity index (χ4n) is 1.61. The number of benzene rings is 1. The van der Waals surface area contributed by atoms with Crippen molar-refractivity contribution in [2.45, 2.75) is 0 Å². The predicted octanol–water partition coefficient (Wildman–Crippen LogP) is 1.27. The molecule has 0 aromatic heterocycles. The van der Waals surface area contributed by atoms with Crippen molar-refractivity contribution < 1.29 is 4.74 Å². The number of nitrogens with two attached hydrogens (primary N) is 1. The van der Waals surface area contributed by atoms with E-state index in [1.54, 1.807) is 0 Å². The van der Waals surface area contributed by atoms with Crippen molar-refractivity contribution in [2.75, 3.05) is 31.1 Å². The molecule has 2 N–H and O–H groups in total. The van der Waals surface area contributed by atoms with Crippen molar-refractivity contribution in [3.63, 3.8) is 0 Å². The van der Waals surface area contributed by atoms with Gasteiger partial charge in [-0.25, -0.2) is 0 Å². The molecule has 0 radical (unpaired) electrons. The molecule has 0 saturated heterocycles. The number of halogens is 1. The zero-order chi connectivity index (χ0) is 9.10. The van der Waals surface area contributed by atoms with E-state index in [4.69, 9.17) is 10.5 Å². The van der Waals surface area contributed by atoms with Crippen LogP contribution in [-0.2, 0) is 0 Å². The molecule has 1 aliphatic heterocycles. The van der Waals surface area contributed by atoms with E-state index in [1.165, 1.54) is 5.69 Å². The van der Waals surface area contributed by atoms with E-state index in [1.807, 2.05) is 18.2 Å². The Morgan fingerprint density at radius 1 is 1.36 bits per heavy atom. The van der Waals surface area contributed by atoms with E-state index in [-0.39, 0.29) is 12.4 Å². The summed E-state index contributed by atoms with van der Waals surface area (Å²) in [6.45, 7) is 3.29. The highest BCUT2D eigenvalue weighted by atomic mass is 35.5. The second kappa shape index (κ2) is 5.08. The van der Waals surface area contributed by atoms with E-state index < -0.39 is 0 Å². The van der Waals surface area contributed by atoms with Crippen LogP contribution in [0.15, 0.2) is 24.3 Å². The topological polar surface area (TPSA) is 38.5 Å². The first-order chi connectivity index (χ1) is 6.42. The van der Waals surface area contributed by atoms with Gasteiger partial charge in [0.15, 0.2) is 0 Å². The number of para-hydroxylation sites is 2. The summed E-state index contributed by atoms with van der Waals surface area (Å²) < 4.78 is 5.52. The highest BCUT2D eigenvalue weighted by Gasteiger charge is 2.15. The van der Waals surface area contributed by atoms with Gasteiger partial charge in [0.05, 0.1) is 12.2 Å². The Kier molecular flexibility index (Phi) is 4.04. The molecule has 1 aromatic carbocycles. The average molecular weight is 215 g/mol. The van der Waals surface area contributed by atoms with Crippen molar-refractivity contribution in [1.82, 2.24) is 0 Å². The van der Waals surface area contributed by atoms with Crippen molar-refractivity contribution in [2.24, 2.45) is 5.73 Å².